The largest absolute Gasteiger partial charge is 0.423 e. The van der Waals surface area contributed by atoms with Gasteiger partial charge in [0.05, 0.1) is 23.0 Å². The van der Waals surface area contributed by atoms with Crippen LogP contribution in [0.5, 0.6) is 0 Å². The SMILES string of the molecule is C[C@@H](CCCn1ccc2cc(-c3cn4ccccc4n3)c(F)cc2c1=O)Nc1cn[nH]c(=O)c1C(F)(F)F. The first-order chi connectivity index (χ1) is 18.1. The minimum atomic E-state index is -4.84. The van der Waals surface area contributed by atoms with E-state index in [2.05, 4.69) is 15.4 Å². The molecule has 4 heterocycles. The van der Waals surface area contributed by atoms with Crippen LogP contribution in [0.25, 0.3) is 27.7 Å². The molecule has 8 nitrogen and oxygen atoms in total. The highest BCUT2D eigenvalue weighted by atomic mass is 19.4. The number of hydrogen-bond donors (Lipinski definition) is 2. The van der Waals surface area contributed by atoms with Crippen molar-refractivity contribution in [1.29, 1.82) is 0 Å². The van der Waals surface area contributed by atoms with Crippen LogP contribution in [-0.4, -0.2) is 30.2 Å². The third-order valence-electron chi connectivity index (χ3n) is 6.28. The molecule has 0 saturated heterocycles. The predicted octanol–water partition coefficient (Wildman–Crippen LogP) is 4.84. The molecule has 4 aromatic heterocycles. The first-order valence-corrected chi connectivity index (χ1v) is 11.8. The molecule has 12 heteroatoms. The lowest BCUT2D eigenvalue weighted by molar-refractivity contribution is -0.138. The highest BCUT2D eigenvalue weighted by Crippen LogP contribution is 2.32. The van der Waals surface area contributed by atoms with Gasteiger partial charge in [-0.1, -0.05) is 6.07 Å². The molecular formula is C26H22F4N6O2. The molecule has 0 unspecified atom stereocenters. The van der Waals surface area contributed by atoms with Crippen LogP contribution in [0, 0.1) is 5.82 Å². The lowest BCUT2D eigenvalue weighted by Crippen LogP contribution is -2.27. The summed E-state index contributed by atoms with van der Waals surface area (Å²) < 4.78 is 58.0. The van der Waals surface area contributed by atoms with Crippen molar-refractivity contribution >= 4 is 22.1 Å². The number of aryl methyl sites for hydroxylation is 1. The highest BCUT2D eigenvalue weighted by Gasteiger charge is 2.37. The molecule has 0 aliphatic rings. The molecule has 0 aliphatic carbocycles. The molecule has 0 spiro atoms. The molecule has 1 aromatic carbocycles. The van der Waals surface area contributed by atoms with Gasteiger partial charge in [-0.2, -0.15) is 18.3 Å². The number of anilines is 1. The second kappa shape index (κ2) is 9.77. The highest BCUT2D eigenvalue weighted by molar-refractivity contribution is 5.86. The maximum Gasteiger partial charge on any atom is 0.423 e. The Bertz CT molecular complexity index is 1720. The number of rotatable bonds is 7. The molecular weight excluding hydrogens is 504 g/mol. The predicted molar refractivity (Wildman–Crippen MR) is 135 cm³/mol. The topological polar surface area (TPSA) is 97.1 Å². The molecule has 5 rings (SSSR count). The van der Waals surface area contributed by atoms with Crippen LogP contribution in [0.2, 0.25) is 0 Å². The fourth-order valence-electron chi connectivity index (χ4n) is 4.44. The number of imidazole rings is 1. The molecule has 0 fully saturated rings. The van der Waals surface area contributed by atoms with Crippen molar-refractivity contribution in [1.82, 2.24) is 24.1 Å². The molecule has 0 radical (unpaired) electrons. The van der Waals surface area contributed by atoms with Gasteiger partial charge in [-0.05, 0) is 55.5 Å². The molecule has 196 valence electrons. The second-order valence-electron chi connectivity index (χ2n) is 9.00. The number of alkyl halides is 3. The van der Waals surface area contributed by atoms with Gasteiger partial charge in [0, 0.05) is 36.7 Å². The Morgan fingerprint density at radius 2 is 1.95 bits per heavy atom. The number of hydrogen-bond acceptors (Lipinski definition) is 5. The summed E-state index contributed by atoms with van der Waals surface area (Å²) in [5.41, 5.74) is -2.04. The molecule has 5 aromatic rings. The van der Waals surface area contributed by atoms with Crippen LogP contribution in [0.1, 0.15) is 25.3 Å². The number of benzene rings is 1. The number of nitrogens with zero attached hydrogens (tertiary/aromatic N) is 4. The van der Waals surface area contributed by atoms with E-state index >= 15 is 4.39 Å². The number of fused-ring (bicyclic) bond motifs is 2. The quantitative estimate of drug-likeness (QED) is 0.296. The van der Waals surface area contributed by atoms with Gasteiger partial charge in [0.2, 0.25) is 0 Å². The van der Waals surface area contributed by atoms with Gasteiger partial charge < -0.3 is 14.3 Å². The summed E-state index contributed by atoms with van der Waals surface area (Å²) in [5.74, 6) is -0.569. The average Bonchev–Trinajstić information content (AvgIpc) is 3.29. The maximum atomic E-state index is 15.0. The van der Waals surface area contributed by atoms with E-state index in [1.165, 1.54) is 10.6 Å². The smallest absolute Gasteiger partial charge is 0.381 e. The summed E-state index contributed by atoms with van der Waals surface area (Å²) in [6.45, 7) is 1.94. The van der Waals surface area contributed by atoms with E-state index < -0.39 is 34.8 Å². The minimum absolute atomic E-state index is 0.216. The van der Waals surface area contributed by atoms with Crippen LogP contribution in [-0.2, 0) is 12.7 Å². The Morgan fingerprint density at radius 3 is 2.71 bits per heavy atom. The van der Waals surface area contributed by atoms with Gasteiger partial charge in [0.25, 0.3) is 11.1 Å². The third kappa shape index (κ3) is 4.89. The van der Waals surface area contributed by atoms with Crippen molar-refractivity contribution < 1.29 is 17.6 Å². The van der Waals surface area contributed by atoms with Gasteiger partial charge in [0.15, 0.2) is 0 Å². The zero-order chi connectivity index (χ0) is 27.0. The van der Waals surface area contributed by atoms with Crippen LogP contribution >= 0.6 is 0 Å². The van der Waals surface area contributed by atoms with Crippen molar-refractivity contribution in [3.8, 4) is 11.3 Å². The molecule has 0 bridgehead atoms. The lowest BCUT2D eigenvalue weighted by Gasteiger charge is -2.18. The van der Waals surface area contributed by atoms with Crippen molar-refractivity contribution in [2.45, 2.75) is 38.5 Å². The molecule has 0 amide bonds. The van der Waals surface area contributed by atoms with Gasteiger partial charge in [-0.15, -0.1) is 0 Å². The monoisotopic (exact) mass is 526 g/mol. The van der Waals surface area contributed by atoms with E-state index in [1.54, 1.807) is 40.9 Å². The van der Waals surface area contributed by atoms with Crippen LogP contribution in [0.3, 0.4) is 0 Å². The molecule has 2 N–H and O–H groups in total. The minimum Gasteiger partial charge on any atom is -0.381 e. The van der Waals surface area contributed by atoms with Crippen molar-refractivity contribution in [3.63, 3.8) is 0 Å². The molecule has 38 heavy (non-hydrogen) atoms. The Morgan fingerprint density at radius 1 is 1.13 bits per heavy atom. The Kier molecular flexibility index (Phi) is 6.47. The van der Waals surface area contributed by atoms with Crippen molar-refractivity contribution in [2.24, 2.45) is 0 Å². The van der Waals surface area contributed by atoms with Crippen molar-refractivity contribution in [2.75, 3.05) is 5.32 Å². The van der Waals surface area contributed by atoms with Crippen LogP contribution in [0.15, 0.2) is 70.8 Å². The zero-order valence-corrected chi connectivity index (χ0v) is 20.1. The summed E-state index contributed by atoms with van der Waals surface area (Å²) in [6.07, 6.45) is 2.06. The van der Waals surface area contributed by atoms with Crippen molar-refractivity contribution in [3.05, 3.63) is 93.3 Å². The summed E-state index contributed by atoms with van der Waals surface area (Å²) in [5, 5.41) is 8.70. The summed E-state index contributed by atoms with van der Waals surface area (Å²) in [6, 6.07) is 9.56. The van der Waals surface area contributed by atoms with E-state index in [9.17, 15) is 22.8 Å². The Hall–Kier alpha value is -4.48. The Labute approximate surface area is 212 Å². The summed E-state index contributed by atoms with van der Waals surface area (Å²) >= 11 is 0. The average molecular weight is 526 g/mol. The normalized spacial score (nSPS) is 12.8. The Balaban J connectivity index is 1.31. The first kappa shape index (κ1) is 25.2. The van der Waals surface area contributed by atoms with E-state index in [0.717, 1.165) is 6.20 Å². The number of pyridine rings is 2. The summed E-state index contributed by atoms with van der Waals surface area (Å²) in [7, 11) is 0. The number of halogens is 4. The summed E-state index contributed by atoms with van der Waals surface area (Å²) in [4.78, 5) is 29.1. The zero-order valence-electron chi connectivity index (χ0n) is 20.1. The van der Waals surface area contributed by atoms with E-state index in [-0.39, 0.29) is 23.1 Å². The van der Waals surface area contributed by atoms with Gasteiger partial charge in [-0.25, -0.2) is 14.5 Å². The van der Waals surface area contributed by atoms with Gasteiger partial charge in [0.1, 0.15) is 17.0 Å². The van der Waals surface area contributed by atoms with Gasteiger partial charge >= 0.3 is 6.18 Å². The first-order valence-electron chi connectivity index (χ1n) is 11.8. The molecule has 1 atom stereocenters. The number of H-pyrrole nitrogens is 1. The molecule has 0 saturated carbocycles. The fraction of sp³-hybridized carbons (Fsp3) is 0.231. The van der Waals surface area contributed by atoms with Gasteiger partial charge in [-0.3, -0.25) is 9.59 Å². The molecule has 0 aliphatic heterocycles. The maximum absolute atomic E-state index is 15.0. The lowest BCUT2D eigenvalue weighted by atomic mass is 10.1. The van der Waals surface area contributed by atoms with E-state index in [1.807, 2.05) is 24.4 Å². The third-order valence-corrected chi connectivity index (χ3v) is 6.28. The second-order valence-corrected chi connectivity index (χ2v) is 9.00. The fourth-order valence-corrected chi connectivity index (χ4v) is 4.44. The van der Waals surface area contributed by atoms with E-state index in [4.69, 9.17) is 0 Å². The number of nitrogens with one attached hydrogen (secondary N) is 2. The number of aromatic amines is 1. The standard InChI is InChI=1S/C26H22F4N6O2/c1-15(32-20-13-31-34-24(37)23(20)26(28,29)30)5-4-9-35-10-7-16-11-18(19(27)12-17(16)25(35)38)21-14-36-8-3-2-6-22(36)33-21/h2-3,6-8,10-15H,4-5,9H2,1H3,(H2,32,34,37)/t15-/m0/s1. The van der Waals surface area contributed by atoms with Crippen LogP contribution in [0.4, 0.5) is 23.2 Å². The number of aromatic nitrogens is 5. The van der Waals surface area contributed by atoms with E-state index in [0.29, 0.717) is 29.6 Å². The van der Waals surface area contributed by atoms with Crippen LogP contribution < -0.4 is 16.4 Å².